The second-order valence-corrected chi connectivity index (χ2v) is 9.20. The van der Waals surface area contributed by atoms with Crippen LogP contribution in [0.4, 0.5) is 0 Å². The molecule has 0 amide bonds. The molecular formula is C21H18ClN3O4S. The van der Waals surface area contributed by atoms with E-state index in [4.69, 9.17) is 16.0 Å². The minimum atomic E-state index is -3.90. The van der Waals surface area contributed by atoms with E-state index in [-0.39, 0.29) is 23.5 Å². The van der Waals surface area contributed by atoms with Gasteiger partial charge in [-0.05, 0) is 61.0 Å². The lowest BCUT2D eigenvalue weighted by atomic mass is 10.3. The van der Waals surface area contributed by atoms with Crippen molar-refractivity contribution < 1.29 is 12.8 Å². The number of halogens is 1. The first-order valence-corrected chi connectivity index (χ1v) is 10.9. The van der Waals surface area contributed by atoms with Gasteiger partial charge in [0.1, 0.15) is 11.4 Å². The Balaban J connectivity index is 1.76. The maximum Gasteiger partial charge on any atom is 0.258 e. The molecule has 3 aromatic heterocycles. The van der Waals surface area contributed by atoms with Crippen LogP contribution in [0.1, 0.15) is 17.0 Å². The van der Waals surface area contributed by atoms with Gasteiger partial charge in [-0.25, -0.2) is 13.4 Å². The van der Waals surface area contributed by atoms with Crippen LogP contribution < -0.4 is 5.56 Å². The summed E-state index contributed by atoms with van der Waals surface area (Å²) < 4.78 is 34.6. The second-order valence-electron chi connectivity index (χ2n) is 6.82. The lowest BCUT2D eigenvalue weighted by Gasteiger charge is -2.21. The quantitative estimate of drug-likeness (QED) is 0.454. The smallest absolute Gasteiger partial charge is 0.258 e. The molecule has 0 N–H and O–H groups in total. The molecule has 0 aliphatic carbocycles. The first kappa shape index (κ1) is 20.3. The fraction of sp³-hybridized carbons (Fsp3) is 0.143. The van der Waals surface area contributed by atoms with E-state index in [9.17, 15) is 13.2 Å². The molecule has 0 unspecified atom stereocenters. The minimum Gasteiger partial charge on any atom is -0.468 e. The molecule has 0 aliphatic rings. The highest BCUT2D eigenvalue weighted by molar-refractivity contribution is 7.89. The summed E-state index contributed by atoms with van der Waals surface area (Å²) in [5.74, 6) is 0.473. The summed E-state index contributed by atoms with van der Waals surface area (Å²) >= 11 is 5.90. The summed E-state index contributed by atoms with van der Waals surface area (Å²) in [5, 5.41) is 0.436. The zero-order valence-electron chi connectivity index (χ0n) is 16.0. The van der Waals surface area contributed by atoms with Gasteiger partial charge in [-0.2, -0.15) is 4.31 Å². The summed E-state index contributed by atoms with van der Waals surface area (Å²) in [6, 6.07) is 14.2. The van der Waals surface area contributed by atoms with Gasteiger partial charge in [0, 0.05) is 17.3 Å². The van der Waals surface area contributed by atoms with Gasteiger partial charge in [0.2, 0.25) is 10.0 Å². The van der Waals surface area contributed by atoms with Gasteiger partial charge in [0.05, 0.1) is 29.9 Å². The van der Waals surface area contributed by atoms with Gasteiger partial charge in [-0.15, -0.1) is 0 Å². The van der Waals surface area contributed by atoms with E-state index in [1.165, 1.54) is 45.3 Å². The Kier molecular flexibility index (Phi) is 5.46. The number of hydrogen-bond donors (Lipinski definition) is 0. The molecule has 4 aromatic rings. The molecule has 154 valence electrons. The molecule has 0 aliphatic heterocycles. The van der Waals surface area contributed by atoms with Crippen LogP contribution in [0.5, 0.6) is 0 Å². The largest absolute Gasteiger partial charge is 0.468 e. The molecule has 0 spiro atoms. The molecule has 3 heterocycles. The minimum absolute atomic E-state index is 0.00712. The van der Waals surface area contributed by atoms with Gasteiger partial charge < -0.3 is 4.42 Å². The van der Waals surface area contributed by atoms with Gasteiger partial charge in [0.25, 0.3) is 5.56 Å². The first-order valence-electron chi connectivity index (χ1n) is 9.10. The fourth-order valence-electron chi connectivity index (χ4n) is 3.07. The van der Waals surface area contributed by atoms with Crippen LogP contribution in [0.2, 0.25) is 5.02 Å². The number of nitrogens with zero attached hydrogens (tertiary/aromatic N) is 3. The van der Waals surface area contributed by atoms with Crippen LogP contribution in [0, 0.1) is 6.92 Å². The molecule has 1 aromatic carbocycles. The summed E-state index contributed by atoms with van der Waals surface area (Å²) in [6.45, 7) is 1.80. The Morgan fingerprint density at radius 1 is 1.10 bits per heavy atom. The Morgan fingerprint density at radius 2 is 1.87 bits per heavy atom. The zero-order valence-corrected chi connectivity index (χ0v) is 17.6. The number of furan rings is 1. The number of benzene rings is 1. The molecule has 0 saturated carbocycles. The molecule has 4 rings (SSSR count). The van der Waals surface area contributed by atoms with Crippen LogP contribution in [-0.4, -0.2) is 22.1 Å². The van der Waals surface area contributed by atoms with Gasteiger partial charge in [0.15, 0.2) is 0 Å². The number of pyridine rings is 1. The van der Waals surface area contributed by atoms with Crippen molar-refractivity contribution in [1.82, 2.24) is 13.7 Å². The van der Waals surface area contributed by atoms with E-state index >= 15 is 0 Å². The van der Waals surface area contributed by atoms with Crippen molar-refractivity contribution in [2.75, 3.05) is 0 Å². The Hall–Kier alpha value is -2.94. The predicted molar refractivity (Wildman–Crippen MR) is 113 cm³/mol. The van der Waals surface area contributed by atoms with Crippen molar-refractivity contribution in [3.05, 3.63) is 99.5 Å². The maximum atomic E-state index is 13.3. The van der Waals surface area contributed by atoms with E-state index < -0.39 is 10.0 Å². The molecule has 0 fully saturated rings. The van der Waals surface area contributed by atoms with Crippen molar-refractivity contribution in [2.24, 2.45) is 0 Å². The van der Waals surface area contributed by atoms with E-state index in [2.05, 4.69) is 4.98 Å². The summed E-state index contributed by atoms with van der Waals surface area (Å²) in [4.78, 5) is 17.1. The molecule has 0 bridgehead atoms. The van der Waals surface area contributed by atoms with Crippen molar-refractivity contribution >= 4 is 27.3 Å². The summed E-state index contributed by atoms with van der Waals surface area (Å²) in [6.07, 6.45) is 3.13. The Bertz CT molecular complexity index is 1350. The van der Waals surface area contributed by atoms with Gasteiger partial charge in [-0.3, -0.25) is 9.20 Å². The number of fused-ring (bicyclic) bond motifs is 1. The molecule has 0 atom stereocenters. The standard InChI is InChI=1S/C21H18ClN3O4S/c1-15-8-9-25-20(11-15)23-17(12-21(25)26)13-24(14-18-3-2-10-29-18)30(27,28)19-6-4-16(22)5-7-19/h2-12H,13-14H2,1H3. The molecule has 7 nitrogen and oxygen atoms in total. The Labute approximate surface area is 178 Å². The van der Waals surface area contributed by atoms with E-state index in [1.807, 2.05) is 13.0 Å². The third-order valence-electron chi connectivity index (χ3n) is 4.58. The topological polar surface area (TPSA) is 84.9 Å². The third kappa shape index (κ3) is 4.16. The van der Waals surface area contributed by atoms with E-state index in [0.717, 1.165) is 5.56 Å². The maximum absolute atomic E-state index is 13.3. The first-order chi connectivity index (χ1) is 14.3. The van der Waals surface area contributed by atoms with E-state index in [0.29, 0.717) is 22.1 Å². The number of aryl methyl sites for hydroxylation is 1. The number of hydrogen-bond acceptors (Lipinski definition) is 5. The van der Waals surface area contributed by atoms with Gasteiger partial charge >= 0.3 is 0 Å². The van der Waals surface area contributed by atoms with E-state index in [1.54, 1.807) is 24.4 Å². The number of sulfonamides is 1. The normalized spacial score (nSPS) is 12.0. The summed E-state index contributed by atoms with van der Waals surface area (Å²) in [5.41, 5.74) is 1.46. The second kappa shape index (κ2) is 8.06. The molecule has 0 radical (unpaired) electrons. The third-order valence-corrected chi connectivity index (χ3v) is 6.64. The molecule has 30 heavy (non-hydrogen) atoms. The lowest BCUT2D eigenvalue weighted by molar-refractivity contribution is 0.355. The lowest BCUT2D eigenvalue weighted by Crippen LogP contribution is -2.31. The van der Waals surface area contributed by atoms with Crippen molar-refractivity contribution in [3.63, 3.8) is 0 Å². The average molecular weight is 444 g/mol. The number of aromatic nitrogens is 2. The van der Waals surface area contributed by atoms with Crippen molar-refractivity contribution in [2.45, 2.75) is 24.9 Å². The molecule has 9 heteroatoms. The number of rotatable bonds is 6. The SMILES string of the molecule is Cc1ccn2c(=O)cc(CN(Cc3ccco3)S(=O)(=O)c3ccc(Cl)cc3)nc2c1. The highest BCUT2D eigenvalue weighted by atomic mass is 35.5. The van der Waals surface area contributed by atoms with Crippen LogP contribution >= 0.6 is 11.6 Å². The molecule has 0 saturated heterocycles. The van der Waals surface area contributed by atoms with Crippen LogP contribution in [0.3, 0.4) is 0 Å². The summed E-state index contributed by atoms with van der Waals surface area (Å²) in [7, 11) is -3.90. The van der Waals surface area contributed by atoms with Gasteiger partial charge in [-0.1, -0.05) is 11.6 Å². The highest BCUT2D eigenvalue weighted by Crippen LogP contribution is 2.22. The zero-order chi connectivity index (χ0) is 21.3. The van der Waals surface area contributed by atoms with Crippen molar-refractivity contribution in [3.8, 4) is 0 Å². The van der Waals surface area contributed by atoms with Crippen LogP contribution in [-0.2, 0) is 23.1 Å². The van der Waals surface area contributed by atoms with Crippen molar-refractivity contribution in [1.29, 1.82) is 0 Å². The average Bonchev–Trinajstić information content (AvgIpc) is 3.20. The monoisotopic (exact) mass is 443 g/mol. The van der Waals surface area contributed by atoms with Crippen LogP contribution in [0.15, 0.2) is 81.2 Å². The fourth-order valence-corrected chi connectivity index (χ4v) is 4.58. The van der Waals surface area contributed by atoms with Crippen LogP contribution in [0.25, 0.3) is 5.65 Å². The molecular weight excluding hydrogens is 426 g/mol. The predicted octanol–water partition coefficient (Wildman–Crippen LogP) is 3.64. The highest BCUT2D eigenvalue weighted by Gasteiger charge is 2.26. The Morgan fingerprint density at radius 3 is 2.57 bits per heavy atom.